The lowest BCUT2D eigenvalue weighted by molar-refractivity contribution is 0.955. The van der Waals surface area contributed by atoms with Crippen LogP contribution in [0.1, 0.15) is 5.56 Å². The third-order valence-electron chi connectivity index (χ3n) is 1.97. The molecule has 2 N–H and O–H groups in total. The quantitative estimate of drug-likeness (QED) is 0.684. The average Bonchev–Trinajstić information content (AvgIpc) is 2.71. The summed E-state index contributed by atoms with van der Waals surface area (Å²) in [4.78, 5) is 1.14. The van der Waals surface area contributed by atoms with E-state index in [0.717, 1.165) is 19.3 Å². The van der Waals surface area contributed by atoms with Crippen molar-refractivity contribution in [2.75, 3.05) is 12.0 Å². The Morgan fingerprint density at radius 1 is 1.25 bits per heavy atom. The molecule has 1 aromatic heterocycles. The molecule has 2 aromatic rings. The molecule has 84 valence electrons. The smallest absolute Gasteiger partial charge is 0.179 e. The lowest BCUT2D eigenvalue weighted by atomic mass is 10.2. The van der Waals surface area contributed by atoms with Gasteiger partial charge in [0.2, 0.25) is 0 Å². The average molecular weight is 269 g/mol. The third kappa shape index (κ3) is 2.69. The molecule has 0 fully saturated rings. The van der Waals surface area contributed by atoms with Crippen molar-refractivity contribution in [2.45, 2.75) is 20.5 Å². The lowest BCUT2D eigenvalue weighted by Gasteiger charge is -2.03. The number of anilines is 1. The number of nitrogens with zero attached hydrogens (tertiary/aromatic N) is 2. The fraction of sp³-hybridized carbons (Fsp3) is 0.200. The highest BCUT2D eigenvalue weighted by Gasteiger charge is 2.07. The van der Waals surface area contributed by atoms with E-state index < -0.39 is 0 Å². The first kappa shape index (κ1) is 11.8. The van der Waals surface area contributed by atoms with Crippen LogP contribution in [0.5, 0.6) is 0 Å². The summed E-state index contributed by atoms with van der Waals surface area (Å²) in [5, 5.41) is 8.19. The van der Waals surface area contributed by atoms with Gasteiger partial charge in [-0.1, -0.05) is 40.9 Å². The SMILES string of the molecule is CSc1nnc(Sc2cc(N)ccc2C)s1. The summed E-state index contributed by atoms with van der Waals surface area (Å²) < 4.78 is 1.95. The van der Waals surface area contributed by atoms with Gasteiger partial charge < -0.3 is 5.73 Å². The summed E-state index contributed by atoms with van der Waals surface area (Å²) in [6.07, 6.45) is 2.00. The molecule has 0 bridgehead atoms. The van der Waals surface area contributed by atoms with Gasteiger partial charge in [-0.05, 0) is 30.9 Å². The molecule has 0 amide bonds. The molecule has 16 heavy (non-hydrogen) atoms. The van der Waals surface area contributed by atoms with Gasteiger partial charge in [-0.15, -0.1) is 10.2 Å². The van der Waals surface area contributed by atoms with E-state index in [4.69, 9.17) is 5.73 Å². The maximum absolute atomic E-state index is 5.76. The molecular weight excluding hydrogens is 258 g/mol. The first-order valence-corrected chi connectivity index (χ1v) is 7.46. The van der Waals surface area contributed by atoms with E-state index in [1.54, 1.807) is 34.9 Å². The molecule has 6 heteroatoms. The molecule has 1 aromatic carbocycles. The molecule has 2 rings (SSSR count). The number of nitrogens with two attached hydrogens (primary N) is 1. The number of aromatic nitrogens is 2. The molecule has 0 atom stereocenters. The van der Waals surface area contributed by atoms with Crippen LogP contribution in [0.25, 0.3) is 0 Å². The molecule has 0 saturated carbocycles. The minimum atomic E-state index is 0.780. The van der Waals surface area contributed by atoms with Crippen LogP contribution in [0.4, 0.5) is 5.69 Å². The van der Waals surface area contributed by atoms with Crippen molar-refractivity contribution in [1.29, 1.82) is 0 Å². The number of hydrogen-bond donors (Lipinski definition) is 1. The maximum atomic E-state index is 5.76. The van der Waals surface area contributed by atoms with Crippen molar-refractivity contribution >= 4 is 40.5 Å². The normalized spacial score (nSPS) is 10.6. The zero-order valence-corrected chi connectivity index (χ0v) is 11.4. The van der Waals surface area contributed by atoms with Crippen LogP contribution in [0, 0.1) is 6.92 Å². The molecule has 0 spiro atoms. The molecule has 3 nitrogen and oxygen atoms in total. The number of thioether (sulfide) groups is 1. The van der Waals surface area contributed by atoms with Crippen LogP contribution >= 0.6 is 34.9 Å². The summed E-state index contributed by atoms with van der Waals surface area (Å²) in [5.74, 6) is 0. The van der Waals surface area contributed by atoms with E-state index in [-0.39, 0.29) is 0 Å². The Balaban J connectivity index is 2.22. The fourth-order valence-electron chi connectivity index (χ4n) is 1.14. The first-order valence-electron chi connectivity index (χ1n) is 4.60. The standard InChI is InChI=1S/C10H11N3S3/c1-6-3-4-7(11)5-8(6)15-10-13-12-9(14-2)16-10/h3-5H,11H2,1-2H3. The second-order valence-corrected chi connectivity index (χ2v) is 6.48. The zero-order valence-electron chi connectivity index (χ0n) is 8.93. The predicted molar refractivity (Wildman–Crippen MR) is 71.4 cm³/mol. The molecular formula is C10H11N3S3. The Hall–Kier alpha value is -0.720. The van der Waals surface area contributed by atoms with Gasteiger partial charge in [-0.25, -0.2) is 0 Å². The van der Waals surface area contributed by atoms with Crippen molar-refractivity contribution in [3.8, 4) is 0 Å². The van der Waals surface area contributed by atoms with E-state index in [1.807, 2.05) is 24.5 Å². The van der Waals surface area contributed by atoms with Gasteiger partial charge in [0.15, 0.2) is 8.68 Å². The van der Waals surface area contributed by atoms with Crippen molar-refractivity contribution in [3.05, 3.63) is 23.8 Å². The van der Waals surface area contributed by atoms with E-state index in [9.17, 15) is 0 Å². The molecule has 0 radical (unpaired) electrons. The van der Waals surface area contributed by atoms with Gasteiger partial charge >= 0.3 is 0 Å². The highest BCUT2D eigenvalue weighted by Crippen LogP contribution is 2.35. The lowest BCUT2D eigenvalue weighted by Crippen LogP contribution is -1.86. The molecule has 0 unspecified atom stereocenters. The van der Waals surface area contributed by atoms with Crippen LogP contribution in [0.15, 0.2) is 31.8 Å². The van der Waals surface area contributed by atoms with E-state index in [0.29, 0.717) is 0 Å². The Labute approximate surface area is 107 Å². The number of hydrogen-bond acceptors (Lipinski definition) is 6. The maximum Gasteiger partial charge on any atom is 0.179 e. The van der Waals surface area contributed by atoms with Crippen LogP contribution in [-0.4, -0.2) is 16.5 Å². The molecule has 1 heterocycles. The van der Waals surface area contributed by atoms with Crippen LogP contribution in [0.3, 0.4) is 0 Å². The Kier molecular flexibility index (Phi) is 3.73. The highest BCUT2D eigenvalue weighted by atomic mass is 32.2. The number of aryl methyl sites for hydroxylation is 1. The Morgan fingerprint density at radius 2 is 2.00 bits per heavy atom. The number of benzene rings is 1. The van der Waals surface area contributed by atoms with Crippen LogP contribution in [-0.2, 0) is 0 Å². The van der Waals surface area contributed by atoms with Gasteiger partial charge in [0.05, 0.1) is 0 Å². The van der Waals surface area contributed by atoms with Crippen molar-refractivity contribution in [3.63, 3.8) is 0 Å². The zero-order chi connectivity index (χ0) is 11.5. The topological polar surface area (TPSA) is 51.8 Å². The number of nitrogen functional groups attached to an aromatic ring is 1. The van der Waals surface area contributed by atoms with Crippen molar-refractivity contribution < 1.29 is 0 Å². The van der Waals surface area contributed by atoms with Gasteiger partial charge in [0, 0.05) is 10.6 Å². The minimum absolute atomic E-state index is 0.780. The van der Waals surface area contributed by atoms with Gasteiger partial charge in [0.25, 0.3) is 0 Å². The molecule has 0 aliphatic rings. The van der Waals surface area contributed by atoms with E-state index >= 15 is 0 Å². The summed E-state index contributed by atoms with van der Waals surface area (Å²) in [5.41, 5.74) is 7.75. The Bertz CT molecular complexity index is 496. The largest absolute Gasteiger partial charge is 0.399 e. The molecule has 0 saturated heterocycles. The summed E-state index contributed by atoms with van der Waals surface area (Å²) in [6, 6.07) is 5.90. The summed E-state index contributed by atoms with van der Waals surface area (Å²) in [6.45, 7) is 2.07. The highest BCUT2D eigenvalue weighted by molar-refractivity contribution is 8.03. The predicted octanol–water partition coefficient (Wildman–Crippen LogP) is 3.30. The van der Waals surface area contributed by atoms with Gasteiger partial charge in [-0.2, -0.15) is 0 Å². The van der Waals surface area contributed by atoms with E-state index in [2.05, 4.69) is 17.1 Å². The van der Waals surface area contributed by atoms with Gasteiger partial charge in [0.1, 0.15) is 0 Å². The minimum Gasteiger partial charge on any atom is -0.399 e. The second-order valence-electron chi connectivity index (χ2n) is 3.16. The second kappa shape index (κ2) is 5.07. The number of rotatable bonds is 3. The third-order valence-corrected chi connectivity index (χ3v) is 5.08. The monoisotopic (exact) mass is 269 g/mol. The van der Waals surface area contributed by atoms with Crippen molar-refractivity contribution in [2.24, 2.45) is 0 Å². The summed E-state index contributed by atoms with van der Waals surface area (Å²) in [7, 11) is 0. The molecule has 0 aliphatic heterocycles. The van der Waals surface area contributed by atoms with E-state index in [1.165, 1.54) is 5.56 Å². The molecule has 0 aliphatic carbocycles. The van der Waals surface area contributed by atoms with Gasteiger partial charge in [-0.3, -0.25) is 0 Å². The Morgan fingerprint density at radius 3 is 2.69 bits per heavy atom. The first-order chi connectivity index (χ1) is 7.69. The summed E-state index contributed by atoms with van der Waals surface area (Å²) >= 11 is 4.84. The van der Waals surface area contributed by atoms with Crippen LogP contribution < -0.4 is 5.73 Å². The fourth-order valence-corrected chi connectivity index (χ4v) is 3.67. The van der Waals surface area contributed by atoms with Crippen LogP contribution in [0.2, 0.25) is 0 Å². The van der Waals surface area contributed by atoms with Crippen molar-refractivity contribution in [1.82, 2.24) is 10.2 Å².